The van der Waals surface area contributed by atoms with Gasteiger partial charge >= 0.3 is 0 Å². The largest absolute Gasteiger partial charge is 0.379 e. The molecular weight excluding hydrogens is 342 g/mol. The van der Waals surface area contributed by atoms with Gasteiger partial charge in [-0.25, -0.2) is 0 Å². The summed E-state index contributed by atoms with van der Waals surface area (Å²) in [6, 6.07) is -0.733. The number of ether oxygens (including phenoxy) is 1. The number of aldehydes is 1. The molecule has 2 unspecified atom stereocenters. The number of rotatable bonds is 11. The van der Waals surface area contributed by atoms with Gasteiger partial charge in [0.2, 0.25) is 23.6 Å². The first-order valence-corrected chi connectivity index (χ1v) is 8.70. The quantitative estimate of drug-likeness (QED) is 0.281. The average Bonchev–Trinajstić information content (AvgIpc) is 2.82. The van der Waals surface area contributed by atoms with Gasteiger partial charge in [0, 0.05) is 18.8 Å². The molecule has 2 atom stereocenters. The molecule has 9 nitrogen and oxygen atoms in total. The van der Waals surface area contributed by atoms with Crippen LogP contribution in [0, 0.1) is 11.8 Å². The number of nitrogens with zero attached hydrogens (tertiary/aromatic N) is 1. The molecule has 1 aliphatic rings. The van der Waals surface area contributed by atoms with Gasteiger partial charge in [0.15, 0.2) is 0 Å². The van der Waals surface area contributed by atoms with E-state index < -0.39 is 11.9 Å². The number of likely N-dealkylation sites (tertiary alicyclic amines) is 1. The van der Waals surface area contributed by atoms with Gasteiger partial charge in [0.05, 0.1) is 26.3 Å². The van der Waals surface area contributed by atoms with Gasteiger partial charge in [0.25, 0.3) is 0 Å². The molecule has 0 spiro atoms. The molecule has 0 aromatic carbocycles. The van der Waals surface area contributed by atoms with Crippen LogP contribution in [0.25, 0.3) is 0 Å². The second-order valence-corrected chi connectivity index (χ2v) is 6.55. The summed E-state index contributed by atoms with van der Waals surface area (Å²) in [6.45, 7) is 5.62. The third-order valence-corrected chi connectivity index (χ3v) is 4.03. The van der Waals surface area contributed by atoms with Gasteiger partial charge in [0.1, 0.15) is 12.3 Å². The zero-order chi connectivity index (χ0) is 19.7. The van der Waals surface area contributed by atoms with Crippen molar-refractivity contribution < 1.29 is 28.7 Å². The molecule has 4 amide bonds. The van der Waals surface area contributed by atoms with Crippen molar-refractivity contribution in [3.05, 3.63) is 0 Å². The fraction of sp³-hybridized carbons (Fsp3) is 0.706. The highest BCUT2D eigenvalue weighted by Crippen LogP contribution is 2.17. The minimum absolute atomic E-state index is 0.0441. The molecule has 0 aromatic heterocycles. The van der Waals surface area contributed by atoms with Gasteiger partial charge in [-0.1, -0.05) is 20.8 Å². The van der Waals surface area contributed by atoms with E-state index in [9.17, 15) is 24.0 Å². The molecule has 0 saturated carbocycles. The molecule has 146 valence electrons. The van der Waals surface area contributed by atoms with Crippen LogP contribution in [0.4, 0.5) is 0 Å². The van der Waals surface area contributed by atoms with Crippen molar-refractivity contribution in [3.63, 3.8) is 0 Å². The maximum absolute atomic E-state index is 11.9. The van der Waals surface area contributed by atoms with E-state index in [-0.39, 0.29) is 68.7 Å². The predicted molar refractivity (Wildman–Crippen MR) is 91.8 cm³/mol. The summed E-state index contributed by atoms with van der Waals surface area (Å²) in [4.78, 5) is 58.7. The maximum atomic E-state index is 11.9. The van der Waals surface area contributed by atoms with Gasteiger partial charge in [-0.2, -0.15) is 0 Å². The molecule has 1 saturated heterocycles. The smallest absolute Gasteiger partial charge is 0.243 e. The molecule has 1 aliphatic heterocycles. The average molecular weight is 369 g/mol. The van der Waals surface area contributed by atoms with Crippen LogP contribution in [-0.2, 0) is 28.7 Å². The van der Waals surface area contributed by atoms with Gasteiger partial charge < -0.3 is 20.2 Å². The zero-order valence-electron chi connectivity index (χ0n) is 15.4. The normalized spacial score (nSPS) is 18.2. The number of carbonyl (C=O) groups excluding carboxylic acids is 5. The third kappa shape index (κ3) is 6.55. The zero-order valence-corrected chi connectivity index (χ0v) is 15.4. The van der Waals surface area contributed by atoms with E-state index in [1.807, 2.05) is 0 Å². The van der Waals surface area contributed by atoms with Crippen molar-refractivity contribution in [2.24, 2.45) is 11.8 Å². The summed E-state index contributed by atoms with van der Waals surface area (Å²) >= 11 is 0. The SMILES string of the molecule is CC1CC(=O)N(CCOCCC(=O)NC(C(=O)NCC=O)C(C)C)C1=O. The van der Waals surface area contributed by atoms with Crippen molar-refractivity contribution in [2.75, 3.05) is 26.3 Å². The highest BCUT2D eigenvalue weighted by molar-refractivity contribution is 6.03. The van der Waals surface area contributed by atoms with E-state index in [4.69, 9.17) is 4.74 Å². The van der Waals surface area contributed by atoms with Crippen LogP contribution in [0.3, 0.4) is 0 Å². The van der Waals surface area contributed by atoms with Crippen LogP contribution < -0.4 is 10.6 Å². The lowest BCUT2D eigenvalue weighted by atomic mass is 10.0. The van der Waals surface area contributed by atoms with Gasteiger partial charge in [-0.3, -0.25) is 24.1 Å². The fourth-order valence-corrected chi connectivity index (χ4v) is 2.54. The molecule has 1 heterocycles. The van der Waals surface area contributed by atoms with Crippen LogP contribution in [0.5, 0.6) is 0 Å². The molecule has 1 rings (SSSR count). The minimum atomic E-state index is -0.733. The van der Waals surface area contributed by atoms with Crippen LogP contribution in [0.1, 0.15) is 33.6 Å². The lowest BCUT2D eigenvalue weighted by Crippen LogP contribution is -2.50. The Morgan fingerprint density at radius 2 is 2.00 bits per heavy atom. The molecule has 0 radical (unpaired) electrons. The van der Waals surface area contributed by atoms with E-state index >= 15 is 0 Å². The van der Waals surface area contributed by atoms with E-state index in [2.05, 4.69) is 10.6 Å². The van der Waals surface area contributed by atoms with Gasteiger partial charge in [-0.15, -0.1) is 0 Å². The van der Waals surface area contributed by atoms with Crippen molar-refractivity contribution in [1.29, 1.82) is 0 Å². The van der Waals surface area contributed by atoms with Crippen molar-refractivity contribution >= 4 is 29.9 Å². The first-order valence-electron chi connectivity index (χ1n) is 8.70. The summed E-state index contributed by atoms with van der Waals surface area (Å²) in [5.74, 6) is -1.59. The second kappa shape index (κ2) is 10.6. The molecule has 0 bridgehead atoms. The Morgan fingerprint density at radius 3 is 2.54 bits per heavy atom. The van der Waals surface area contributed by atoms with Crippen molar-refractivity contribution in [2.45, 2.75) is 39.7 Å². The molecule has 1 fully saturated rings. The summed E-state index contributed by atoms with van der Waals surface area (Å²) in [7, 11) is 0. The topological polar surface area (TPSA) is 122 Å². The van der Waals surface area contributed by atoms with Crippen LogP contribution in [-0.4, -0.2) is 67.2 Å². The molecule has 0 aliphatic carbocycles. The van der Waals surface area contributed by atoms with Gasteiger partial charge in [-0.05, 0) is 5.92 Å². The summed E-state index contributed by atoms with van der Waals surface area (Å²) in [6.07, 6.45) is 0.841. The monoisotopic (exact) mass is 369 g/mol. The number of hydrogen-bond donors (Lipinski definition) is 2. The maximum Gasteiger partial charge on any atom is 0.243 e. The first kappa shape index (κ1) is 21.8. The predicted octanol–water partition coefficient (Wildman–Crippen LogP) is -0.756. The molecule has 2 N–H and O–H groups in total. The van der Waals surface area contributed by atoms with Crippen LogP contribution in [0.15, 0.2) is 0 Å². The Morgan fingerprint density at radius 1 is 1.31 bits per heavy atom. The lowest BCUT2D eigenvalue weighted by molar-refractivity contribution is -0.140. The summed E-state index contributed by atoms with van der Waals surface area (Å²) < 4.78 is 5.31. The fourth-order valence-electron chi connectivity index (χ4n) is 2.54. The second-order valence-electron chi connectivity index (χ2n) is 6.55. The number of carbonyl (C=O) groups is 5. The van der Waals surface area contributed by atoms with E-state index in [1.54, 1.807) is 20.8 Å². The third-order valence-electron chi connectivity index (χ3n) is 4.03. The van der Waals surface area contributed by atoms with E-state index in [0.29, 0.717) is 6.29 Å². The summed E-state index contributed by atoms with van der Waals surface area (Å²) in [5, 5.41) is 5.03. The first-order chi connectivity index (χ1) is 12.3. The van der Waals surface area contributed by atoms with E-state index in [1.165, 1.54) is 4.90 Å². The van der Waals surface area contributed by atoms with Crippen molar-refractivity contribution in [1.82, 2.24) is 15.5 Å². The molecule has 26 heavy (non-hydrogen) atoms. The highest BCUT2D eigenvalue weighted by Gasteiger charge is 2.34. The number of nitrogens with one attached hydrogen (secondary N) is 2. The Balaban J connectivity index is 2.28. The number of hydrogen-bond acceptors (Lipinski definition) is 6. The molecule has 9 heteroatoms. The van der Waals surface area contributed by atoms with Crippen LogP contribution in [0.2, 0.25) is 0 Å². The molecule has 0 aromatic rings. The molecular formula is C17H27N3O6. The van der Waals surface area contributed by atoms with Crippen molar-refractivity contribution in [3.8, 4) is 0 Å². The summed E-state index contributed by atoms with van der Waals surface area (Å²) in [5.41, 5.74) is 0. The minimum Gasteiger partial charge on any atom is -0.379 e. The van der Waals surface area contributed by atoms with Crippen LogP contribution >= 0.6 is 0 Å². The Hall–Kier alpha value is -2.29. The highest BCUT2D eigenvalue weighted by atomic mass is 16.5. The van der Waals surface area contributed by atoms with E-state index in [0.717, 1.165) is 0 Å². The Kier molecular flexibility index (Phi) is 8.91. The number of imide groups is 1. The lowest BCUT2D eigenvalue weighted by Gasteiger charge is -2.21. The standard InChI is InChI=1S/C17H27N3O6/c1-11(2)15(16(24)18-5-7-21)19-13(22)4-8-26-9-6-20-14(23)10-12(3)17(20)25/h7,11-12,15H,4-6,8-10H2,1-3H3,(H,18,24)(H,19,22). The Bertz CT molecular complexity index is 549. The number of amides is 4. The Labute approximate surface area is 152 Å².